The third-order valence-electron chi connectivity index (χ3n) is 5.77. The van der Waals surface area contributed by atoms with Gasteiger partial charge >= 0.3 is 6.01 Å². The molecular formula is C18H31FN4O3S. The zero-order valence-corrected chi connectivity index (χ0v) is 17.2. The zero-order chi connectivity index (χ0) is 19.7. The summed E-state index contributed by atoms with van der Waals surface area (Å²) in [6, 6.07) is 0.471. The Morgan fingerprint density at radius 2 is 1.81 bits per heavy atom. The molecule has 0 atom stereocenters. The van der Waals surface area contributed by atoms with E-state index in [9.17, 15) is 12.8 Å². The Balaban J connectivity index is 1.46. The van der Waals surface area contributed by atoms with Gasteiger partial charge in [-0.25, -0.2) is 17.5 Å². The molecule has 9 heteroatoms. The van der Waals surface area contributed by atoms with Crippen molar-refractivity contribution in [1.29, 1.82) is 0 Å². The van der Waals surface area contributed by atoms with Crippen molar-refractivity contribution in [2.24, 2.45) is 5.92 Å². The summed E-state index contributed by atoms with van der Waals surface area (Å²) in [5.74, 6) is 0.485. The van der Waals surface area contributed by atoms with Crippen LogP contribution in [-0.4, -0.2) is 35.9 Å². The third kappa shape index (κ3) is 4.80. The highest BCUT2D eigenvalue weighted by atomic mass is 32.2. The predicted octanol–water partition coefficient (Wildman–Crippen LogP) is 3.50. The second kappa shape index (κ2) is 7.66. The van der Waals surface area contributed by atoms with Crippen molar-refractivity contribution in [1.82, 2.24) is 14.9 Å². The Labute approximate surface area is 160 Å². The summed E-state index contributed by atoms with van der Waals surface area (Å²) in [5.41, 5.74) is -1.44. The lowest BCUT2D eigenvalue weighted by atomic mass is 9.86. The first kappa shape index (κ1) is 20.5. The van der Waals surface area contributed by atoms with Crippen molar-refractivity contribution in [3.05, 3.63) is 5.82 Å². The summed E-state index contributed by atoms with van der Waals surface area (Å²) in [6.45, 7) is 5.56. The summed E-state index contributed by atoms with van der Waals surface area (Å²) in [5, 5.41) is 7.04. The molecule has 154 valence electrons. The molecule has 0 aliphatic heterocycles. The van der Waals surface area contributed by atoms with Crippen molar-refractivity contribution in [2.75, 3.05) is 11.9 Å². The molecule has 0 spiro atoms. The summed E-state index contributed by atoms with van der Waals surface area (Å²) >= 11 is 0. The van der Waals surface area contributed by atoms with Crippen molar-refractivity contribution >= 4 is 16.0 Å². The molecular weight excluding hydrogens is 371 g/mol. The van der Waals surface area contributed by atoms with Crippen LogP contribution in [0.5, 0.6) is 0 Å². The fourth-order valence-corrected chi connectivity index (χ4v) is 4.64. The van der Waals surface area contributed by atoms with Crippen molar-refractivity contribution in [3.63, 3.8) is 0 Å². The SMILES string of the molecule is CC(C)(C)S(=O)(=O)NC[C@H]1CC[C@H](Nc2nc(C3(F)CCCC3)no2)CC1. The highest BCUT2D eigenvalue weighted by molar-refractivity contribution is 7.90. The van der Waals surface area contributed by atoms with E-state index in [2.05, 4.69) is 20.2 Å². The van der Waals surface area contributed by atoms with E-state index in [0.717, 1.165) is 38.5 Å². The molecule has 2 aliphatic rings. The maximum Gasteiger partial charge on any atom is 0.321 e. The van der Waals surface area contributed by atoms with Gasteiger partial charge in [0.05, 0.1) is 4.75 Å². The fourth-order valence-electron chi connectivity index (χ4n) is 3.75. The van der Waals surface area contributed by atoms with Gasteiger partial charge in [-0.2, -0.15) is 4.98 Å². The molecule has 0 saturated heterocycles. The van der Waals surface area contributed by atoms with E-state index in [0.29, 0.717) is 25.3 Å². The Morgan fingerprint density at radius 3 is 2.41 bits per heavy atom. The maximum absolute atomic E-state index is 14.7. The second-order valence-corrected chi connectivity index (χ2v) is 11.4. The molecule has 2 saturated carbocycles. The van der Waals surface area contributed by atoms with Crippen LogP contribution in [0.15, 0.2) is 4.52 Å². The first-order valence-electron chi connectivity index (χ1n) is 9.88. The van der Waals surface area contributed by atoms with Gasteiger partial charge in [-0.3, -0.25) is 0 Å². The molecule has 2 fully saturated rings. The lowest BCUT2D eigenvalue weighted by Crippen LogP contribution is -2.42. The Kier molecular flexibility index (Phi) is 5.82. The molecule has 1 heterocycles. The minimum absolute atomic E-state index is 0.160. The van der Waals surface area contributed by atoms with Crippen LogP contribution in [0, 0.1) is 5.92 Å². The van der Waals surface area contributed by atoms with E-state index in [-0.39, 0.29) is 17.9 Å². The number of nitrogens with one attached hydrogen (secondary N) is 2. The number of anilines is 1. The average Bonchev–Trinajstić information content (AvgIpc) is 3.23. The molecule has 1 aromatic heterocycles. The molecule has 0 bridgehead atoms. The second-order valence-electron chi connectivity index (χ2n) is 8.92. The number of aromatic nitrogens is 2. The van der Waals surface area contributed by atoms with Crippen LogP contribution in [0.4, 0.5) is 10.4 Å². The highest BCUT2D eigenvalue weighted by Crippen LogP contribution is 2.41. The summed E-state index contributed by atoms with van der Waals surface area (Å²) < 4.78 is 46.1. The lowest BCUT2D eigenvalue weighted by molar-refractivity contribution is 0.156. The predicted molar refractivity (Wildman–Crippen MR) is 102 cm³/mol. The third-order valence-corrected chi connectivity index (χ3v) is 7.92. The Morgan fingerprint density at radius 1 is 1.19 bits per heavy atom. The molecule has 0 amide bonds. The van der Waals surface area contributed by atoms with E-state index in [1.165, 1.54) is 0 Å². The van der Waals surface area contributed by atoms with Crippen LogP contribution in [0.25, 0.3) is 0 Å². The van der Waals surface area contributed by atoms with Crippen LogP contribution in [0.2, 0.25) is 0 Å². The van der Waals surface area contributed by atoms with Crippen LogP contribution >= 0.6 is 0 Å². The van der Waals surface area contributed by atoms with Gasteiger partial charge in [-0.1, -0.05) is 5.16 Å². The average molecular weight is 403 g/mol. The Bertz CT molecular complexity index is 730. The van der Waals surface area contributed by atoms with Crippen LogP contribution in [0.1, 0.15) is 78.0 Å². The normalized spacial score (nSPS) is 26.2. The number of rotatable bonds is 6. The van der Waals surface area contributed by atoms with Crippen LogP contribution in [0.3, 0.4) is 0 Å². The molecule has 27 heavy (non-hydrogen) atoms. The van der Waals surface area contributed by atoms with Gasteiger partial charge in [0.25, 0.3) is 0 Å². The number of halogens is 1. The van der Waals surface area contributed by atoms with Crippen LogP contribution in [-0.2, 0) is 15.7 Å². The quantitative estimate of drug-likeness (QED) is 0.756. The van der Waals surface area contributed by atoms with Crippen molar-refractivity contribution < 1.29 is 17.3 Å². The zero-order valence-electron chi connectivity index (χ0n) is 16.4. The first-order valence-corrected chi connectivity index (χ1v) is 11.4. The highest BCUT2D eigenvalue weighted by Gasteiger charge is 2.40. The number of hydrogen-bond acceptors (Lipinski definition) is 6. The van der Waals surface area contributed by atoms with Crippen molar-refractivity contribution in [2.45, 2.75) is 88.6 Å². The summed E-state index contributed by atoms with van der Waals surface area (Å²) in [6.07, 6.45) is 6.24. The van der Waals surface area contributed by atoms with Gasteiger partial charge < -0.3 is 9.84 Å². The largest absolute Gasteiger partial charge is 0.335 e. The van der Waals surface area contributed by atoms with Gasteiger partial charge in [0.2, 0.25) is 15.8 Å². The van der Waals surface area contributed by atoms with Crippen molar-refractivity contribution in [3.8, 4) is 0 Å². The van der Waals surface area contributed by atoms with Gasteiger partial charge in [0.1, 0.15) is 0 Å². The van der Waals surface area contributed by atoms with Gasteiger partial charge in [-0.15, -0.1) is 0 Å². The van der Waals surface area contributed by atoms with E-state index >= 15 is 0 Å². The standard InChI is InChI=1S/C18H31FN4O3S/c1-17(2,3)27(24,25)20-12-13-6-8-14(9-7-13)21-16-22-15(23-26-16)18(19)10-4-5-11-18/h13-14,20H,4-12H2,1-3H3,(H,21,22,23)/t13-,14-. The number of alkyl halides is 1. The topological polar surface area (TPSA) is 97.1 Å². The van der Waals surface area contributed by atoms with E-state index in [1.54, 1.807) is 20.8 Å². The molecule has 0 unspecified atom stereocenters. The van der Waals surface area contributed by atoms with Crippen LogP contribution < -0.4 is 10.0 Å². The first-order chi connectivity index (χ1) is 12.6. The van der Waals surface area contributed by atoms with E-state index in [4.69, 9.17) is 4.52 Å². The molecule has 0 aromatic carbocycles. The molecule has 1 aromatic rings. The summed E-state index contributed by atoms with van der Waals surface area (Å²) in [4.78, 5) is 4.22. The number of sulfonamides is 1. The minimum atomic E-state index is -3.30. The molecule has 2 aliphatic carbocycles. The van der Waals surface area contributed by atoms with E-state index in [1.807, 2.05) is 0 Å². The molecule has 2 N–H and O–H groups in total. The van der Waals surface area contributed by atoms with E-state index < -0.39 is 20.4 Å². The smallest absolute Gasteiger partial charge is 0.321 e. The molecule has 7 nitrogen and oxygen atoms in total. The lowest BCUT2D eigenvalue weighted by Gasteiger charge is -2.29. The number of nitrogens with zero attached hydrogens (tertiary/aromatic N) is 2. The van der Waals surface area contributed by atoms with Gasteiger partial charge in [0, 0.05) is 12.6 Å². The maximum atomic E-state index is 14.7. The van der Waals surface area contributed by atoms with Gasteiger partial charge in [0.15, 0.2) is 5.67 Å². The fraction of sp³-hybridized carbons (Fsp3) is 0.889. The summed E-state index contributed by atoms with van der Waals surface area (Å²) in [7, 11) is -3.30. The minimum Gasteiger partial charge on any atom is -0.335 e. The molecule has 0 radical (unpaired) electrons. The van der Waals surface area contributed by atoms with Gasteiger partial charge in [-0.05, 0) is 78.1 Å². The Hall–Kier alpha value is -1.22. The number of hydrogen-bond donors (Lipinski definition) is 2. The monoisotopic (exact) mass is 402 g/mol. The molecule has 3 rings (SSSR count).